The summed E-state index contributed by atoms with van der Waals surface area (Å²) >= 11 is 0. The van der Waals surface area contributed by atoms with Crippen molar-refractivity contribution in [1.29, 1.82) is 0 Å². The Morgan fingerprint density at radius 3 is 2.82 bits per heavy atom. The molecule has 1 aromatic heterocycles. The van der Waals surface area contributed by atoms with Crippen molar-refractivity contribution in [1.82, 2.24) is 5.16 Å². The number of hydrogen-bond donors (Lipinski definition) is 0. The molecular weight excluding hydrogens is 222 g/mol. The molecule has 0 radical (unpaired) electrons. The maximum Gasteiger partial charge on any atom is 0.162 e. The monoisotopic (exact) mass is 231 g/mol. The summed E-state index contributed by atoms with van der Waals surface area (Å²) in [5.41, 5.74) is 1.70. The topological polar surface area (TPSA) is 61.6 Å². The molecule has 0 atom stereocenters. The number of rotatable bonds is 2. The minimum atomic E-state index is 0.418. The van der Waals surface area contributed by atoms with Crippen molar-refractivity contribution in [2.45, 2.75) is 0 Å². The molecule has 1 aromatic carbocycles. The molecule has 5 heteroatoms. The molecule has 86 valence electrons. The highest BCUT2D eigenvalue weighted by molar-refractivity contribution is 5.85. The Kier molecular flexibility index (Phi) is 2.29. The zero-order valence-electron chi connectivity index (χ0n) is 8.88. The van der Waals surface area contributed by atoms with Gasteiger partial charge in [0.05, 0.1) is 5.56 Å². The molecule has 0 bridgehead atoms. The largest absolute Gasteiger partial charge is 0.486 e. The molecule has 17 heavy (non-hydrogen) atoms. The van der Waals surface area contributed by atoms with Crippen molar-refractivity contribution in [3.05, 3.63) is 30.0 Å². The van der Waals surface area contributed by atoms with Crippen LogP contribution in [0.4, 0.5) is 0 Å². The van der Waals surface area contributed by atoms with E-state index in [0.717, 1.165) is 5.56 Å². The molecule has 2 heterocycles. The van der Waals surface area contributed by atoms with Gasteiger partial charge in [-0.25, -0.2) is 0 Å². The smallest absolute Gasteiger partial charge is 0.162 e. The molecule has 0 aliphatic carbocycles. The van der Waals surface area contributed by atoms with E-state index in [-0.39, 0.29) is 0 Å². The first-order valence-electron chi connectivity index (χ1n) is 5.18. The maximum absolute atomic E-state index is 10.8. The van der Waals surface area contributed by atoms with Gasteiger partial charge >= 0.3 is 0 Å². The van der Waals surface area contributed by atoms with Gasteiger partial charge in [0.1, 0.15) is 25.2 Å². The third-order valence-electron chi connectivity index (χ3n) is 2.54. The maximum atomic E-state index is 10.8. The average molecular weight is 231 g/mol. The van der Waals surface area contributed by atoms with E-state index in [1.54, 1.807) is 12.1 Å². The van der Waals surface area contributed by atoms with Crippen molar-refractivity contribution in [3.63, 3.8) is 0 Å². The third kappa shape index (κ3) is 1.65. The molecule has 0 amide bonds. The van der Waals surface area contributed by atoms with Crippen LogP contribution in [0.15, 0.2) is 29.0 Å². The summed E-state index contributed by atoms with van der Waals surface area (Å²) in [6, 6.07) is 5.41. The van der Waals surface area contributed by atoms with E-state index < -0.39 is 0 Å². The van der Waals surface area contributed by atoms with Crippen LogP contribution >= 0.6 is 0 Å². The number of benzene rings is 1. The Labute approximate surface area is 96.9 Å². The van der Waals surface area contributed by atoms with Gasteiger partial charge in [0, 0.05) is 5.56 Å². The number of nitrogens with zero attached hydrogens (tertiary/aromatic N) is 1. The molecule has 2 aromatic rings. The van der Waals surface area contributed by atoms with Crippen LogP contribution in [0.25, 0.3) is 11.3 Å². The highest BCUT2D eigenvalue weighted by atomic mass is 16.6. The summed E-state index contributed by atoms with van der Waals surface area (Å²) in [4.78, 5) is 10.8. The molecule has 0 saturated heterocycles. The van der Waals surface area contributed by atoms with E-state index >= 15 is 0 Å². The number of ether oxygens (including phenoxy) is 2. The lowest BCUT2D eigenvalue weighted by atomic mass is 10.1. The van der Waals surface area contributed by atoms with Crippen LogP contribution in [-0.2, 0) is 0 Å². The predicted molar refractivity (Wildman–Crippen MR) is 58.3 cm³/mol. The summed E-state index contributed by atoms with van der Waals surface area (Å²) in [5, 5.41) is 3.80. The van der Waals surface area contributed by atoms with Gasteiger partial charge in [0.15, 0.2) is 17.8 Å². The Balaban J connectivity index is 2.07. The van der Waals surface area contributed by atoms with Gasteiger partial charge in [-0.3, -0.25) is 4.79 Å². The molecule has 0 saturated carbocycles. The standard InChI is InChI=1S/C12H9NO4/c14-6-9-7-17-13-12(9)8-1-2-10-11(5-8)16-4-3-15-10/h1-2,5-7H,3-4H2. The van der Waals surface area contributed by atoms with Crippen LogP contribution in [0.1, 0.15) is 10.4 Å². The fraction of sp³-hybridized carbons (Fsp3) is 0.167. The van der Waals surface area contributed by atoms with Crippen molar-refractivity contribution in [2.24, 2.45) is 0 Å². The minimum absolute atomic E-state index is 0.418. The highest BCUT2D eigenvalue weighted by Gasteiger charge is 2.15. The van der Waals surface area contributed by atoms with Gasteiger partial charge in [-0.2, -0.15) is 0 Å². The van der Waals surface area contributed by atoms with Crippen molar-refractivity contribution >= 4 is 6.29 Å². The van der Waals surface area contributed by atoms with Gasteiger partial charge in [0.2, 0.25) is 0 Å². The first-order chi connectivity index (χ1) is 8.38. The fourth-order valence-corrected chi connectivity index (χ4v) is 1.74. The molecule has 0 fully saturated rings. The first-order valence-corrected chi connectivity index (χ1v) is 5.18. The number of hydrogen-bond acceptors (Lipinski definition) is 5. The molecule has 1 aliphatic rings. The molecule has 0 unspecified atom stereocenters. The van der Waals surface area contributed by atoms with Gasteiger partial charge in [-0.15, -0.1) is 0 Å². The Hall–Kier alpha value is -2.30. The van der Waals surface area contributed by atoms with E-state index in [9.17, 15) is 4.79 Å². The molecular formula is C12H9NO4. The number of aromatic nitrogens is 1. The van der Waals surface area contributed by atoms with Crippen LogP contribution in [-0.4, -0.2) is 24.7 Å². The lowest BCUT2D eigenvalue weighted by Gasteiger charge is -2.18. The molecule has 3 rings (SSSR count). The van der Waals surface area contributed by atoms with Crippen molar-refractivity contribution in [3.8, 4) is 22.8 Å². The number of aldehydes is 1. The molecule has 0 spiro atoms. The summed E-state index contributed by atoms with van der Waals surface area (Å²) in [5.74, 6) is 1.37. The Morgan fingerprint density at radius 1 is 1.18 bits per heavy atom. The van der Waals surface area contributed by atoms with Crippen LogP contribution < -0.4 is 9.47 Å². The predicted octanol–water partition coefficient (Wildman–Crippen LogP) is 1.93. The lowest BCUT2D eigenvalue weighted by Crippen LogP contribution is -2.15. The van der Waals surface area contributed by atoms with E-state index in [1.807, 2.05) is 6.07 Å². The summed E-state index contributed by atoms with van der Waals surface area (Å²) in [6.07, 6.45) is 2.03. The molecule has 5 nitrogen and oxygen atoms in total. The Morgan fingerprint density at radius 2 is 2.00 bits per heavy atom. The van der Waals surface area contributed by atoms with Gasteiger partial charge in [0.25, 0.3) is 0 Å². The van der Waals surface area contributed by atoms with Crippen LogP contribution in [0.2, 0.25) is 0 Å². The zero-order valence-corrected chi connectivity index (χ0v) is 8.88. The summed E-state index contributed by atoms with van der Waals surface area (Å²) in [7, 11) is 0. The van der Waals surface area contributed by atoms with Crippen LogP contribution in [0.5, 0.6) is 11.5 Å². The number of carbonyl (C=O) groups excluding carboxylic acids is 1. The van der Waals surface area contributed by atoms with Crippen molar-refractivity contribution in [2.75, 3.05) is 13.2 Å². The van der Waals surface area contributed by atoms with Crippen molar-refractivity contribution < 1.29 is 18.8 Å². The van der Waals surface area contributed by atoms with E-state index in [0.29, 0.717) is 42.3 Å². The first kappa shape index (κ1) is 9.89. The third-order valence-corrected chi connectivity index (χ3v) is 2.54. The normalized spacial score (nSPS) is 13.4. The number of fused-ring (bicyclic) bond motifs is 1. The SMILES string of the molecule is O=Cc1conc1-c1ccc2c(c1)OCCO2. The number of carbonyl (C=O) groups is 1. The van der Waals surface area contributed by atoms with Crippen LogP contribution in [0, 0.1) is 0 Å². The van der Waals surface area contributed by atoms with Gasteiger partial charge in [-0.05, 0) is 18.2 Å². The van der Waals surface area contributed by atoms with E-state index in [2.05, 4.69) is 5.16 Å². The fourth-order valence-electron chi connectivity index (χ4n) is 1.74. The summed E-state index contributed by atoms with van der Waals surface area (Å²) < 4.78 is 15.7. The van der Waals surface area contributed by atoms with E-state index in [1.165, 1.54) is 6.26 Å². The quantitative estimate of drug-likeness (QED) is 0.739. The molecule has 1 aliphatic heterocycles. The highest BCUT2D eigenvalue weighted by Crippen LogP contribution is 2.34. The second kappa shape index (κ2) is 3.93. The van der Waals surface area contributed by atoms with Crippen LogP contribution in [0.3, 0.4) is 0 Å². The summed E-state index contributed by atoms with van der Waals surface area (Å²) in [6.45, 7) is 1.08. The Bertz CT molecular complexity index is 561. The lowest BCUT2D eigenvalue weighted by molar-refractivity contribution is 0.112. The minimum Gasteiger partial charge on any atom is -0.486 e. The van der Waals surface area contributed by atoms with Gasteiger partial charge < -0.3 is 14.0 Å². The second-order valence-corrected chi connectivity index (χ2v) is 3.59. The van der Waals surface area contributed by atoms with Gasteiger partial charge in [-0.1, -0.05) is 5.16 Å². The van der Waals surface area contributed by atoms with E-state index in [4.69, 9.17) is 14.0 Å². The average Bonchev–Trinajstić information content (AvgIpc) is 2.86. The zero-order chi connectivity index (χ0) is 11.7. The second-order valence-electron chi connectivity index (χ2n) is 3.59. The molecule has 0 N–H and O–H groups in total.